The molecule has 1 aliphatic rings. The summed E-state index contributed by atoms with van der Waals surface area (Å²) in [6.45, 7) is 2.76. The van der Waals surface area contributed by atoms with E-state index in [0.29, 0.717) is 25.6 Å². The number of carbonyl (C=O) groups excluding carboxylic acids is 1. The molecule has 1 aliphatic heterocycles. The van der Waals surface area contributed by atoms with Crippen molar-refractivity contribution in [2.75, 3.05) is 44.3 Å². The van der Waals surface area contributed by atoms with E-state index in [1.807, 2.05) is 35.2 Å². The first-order chi connectivity index (χ1) is 15.4. The Hall–Kier alpha value is -3.08. The average molecular weight is 457 g/mol. The Morgan fingerprint density at radius 1 is 1.09 bits per heavy atom. The van der Waals surface area contributed by atoms with Crippen LogP contribution < -0.4 is 9.64 Å². The Balaban J connectivity index is 1.51. The van der Waals surface area contributed by atoms with Crippen LogP contribution in [0.2, 0.25) is 0 Å². The lowest BCUT2D eigenvalue weighted by Gasteiger charge is -2.34. The second kappa shape index (κ2) is 9.19. The van der Waals surface area contributed by atoms with Gasteiger partial charge in [-0.15, -0.1) is 0 Å². The summed E-state index contributed by atoms with van der Waals surface area (Å²) in [4.78, 5) is 22.5. The molecule has 1 saturated heterocycles. The maximum Gasteiger partial charge on any atom is 0.243 e. The molecule has 10 heteroatoms. The highest BCUT2D eigenvalue weighted by atomic mass is 32.2. The van der Waals surface area contributed by atoms with E-state index < -0.39 is 22.4 Å². The van der Waals surface area contributed by atoms with Crippen LogP contribution in [0.3, 0.4) is 0 Å². The first kappa shape index (κ1) is 22.1. The number of piperazine rings is 1. The number of hydrogen-bond donors (Lipinski definition) is 1. The lowest BCUT2D eigenvalue weighted by atomic mass is 10.1. The molecule has 32 heavy (non-hydrogen) atoms. The summed E-state index contributed by atoms with van der Waals surface area (Å²) in [5, 5.41) is 11.0. The predicted octanol–water partition coefficient (Wildman–Crippen LogP) is 1.71. The number of aliphatic hydroxyl groups excluding tert-OH is 1. The van der Waals surface area contributed by atoms with E-state index in [1.54, 1.807) is 19.1 Å². The van der Waals surface area contributed by atoms with Crippen molar-refractivity contribution in [1.82, 2.24) is 14.3 Å². The van der Waals surface area contributed by atoms with E-state index in [-0.39, 0.29) is 29.4 Å². The number of nitrogens with zero attached hydrogens (tertiary/aromatic N) is 4. The largest absolute Gasteiger partial charge is 0.477 e. The Bertz CT molecular complexity index is 1240. The van der Waals surface area contributed by atoms with Crippen molar-refractivity contribution < 1.29 is 23.1 Å². The zero-order chi connectivity index (χ0) is 22.7. The van der Waals surface area contributed by atoms with Gasteiger partial charge in [-0.25, -0.2) is 13.4 Å². The van der Waals surface area contributed by atoms with Crippen LogP contribution in [0.4, 0.5) is 5.95 Å². The van der Waals surface area contributed by atoms with Crippen LogP contribution in [0.25, 0.3) is 10.8 Å². The van der Waals surface area contributed by atoms with Crippen molar-refractivity contribution in [2.45, 2.75) is 11.8 Å². The normalized spacial score (nSPS) is 15.1. The number of ether oxygens (including phenoxy) is 1. The number of hydrogen-bond acceptors (Lipinski definition) is 8. The molecule has 2 heterocycles. The van der Waals surface area contributed by atoms with E-state index in [1.165, 1.54) is 10.5 Å². The highest BCUT2D eigenvalue weighted by Crippen LogP contribution is 2.25. The lowest BCUT2D eigenvalue weighted by Crippen LogP contribution is -2.49. The monoisotopic (exact) mass is 456 g/mol. The Kier molecular flexibility index (Phi) is 6.35. The molecule has 0 saturated carbocycles. The predicted molar refractivity (Wildman–Crippen MR) is 120 cm³/mol. The van der Waals surface area contributed by atoms with Gasteiger partial charge in [0.15, 0.2) is 5.78 Å². The van der Waals surface area contributed by atoms with E-state index in [9.17, 15) is 13.2 Å². The fourth-order valence-corrected chi connectivity index (χ4v) is 5.10. The number of anilines is 1. The van der Waals surface area contributed by atoms with Crippen LogP contribution in [-0.4, -0.2) is 73.0 Å². The topological polar surface area (TPSA) is 113 Å². The summed E-state index contributed by atoms with van der Waals surface area (Å²) in [6, 6.07) is 12.8. The molecule has 0 bridgehead atoms. The molecule has 3 aromatic rings. The van der Waals surface area contributed by atoms with Crippen molar-refractivity contribution in [3.8, 4) is 5.88 Å². The third-order valence-electron chi connectivity index (χ3n) is 5.35. The fourth-order valence-electron chi connectivity index (χ4n) is 3.64. The molecule has 1 aromatic heterocycles. The molecule has 9 nitrogen and oxygen atoms in total. The lowest BCUT2D eigenvalue weighted by molar-refractivity contribution is 0.0898. The summed E-state index contributed by atoms with van der Waals surface area (Å²) in [6.07, 6.45) is 1.34. The van der Waals surface area contributed by atoms with Crippen LogP contribution >= 0.6 is 0 Å². The number of aromatic nitrogens is 2. The zero-order valence-corrected chi connectivity index (χ0v) is 18.5. The average Bonchev–Trinajstić information content (AvgIpc) is 2.83. The van der Waals surface area contributed by atoms with Crippen LogP contribution in [-0.2, 0) is 10.0 Å². The molecule has 0 radical (unpaired) electrons. The fraction of sp³-hybridized carbons (Fsp3) is 0.318. The Labute approximate surface area is 186 Å². The summed E-state index contributed by atoms with van der Waals surface area (Å²) in [5.74, 6) is -0.0558. The molecule has 1 N–H and O–H groups in total. The van der Waals surface area contributed by atoms with Gasteiger partial charge in [0.25, 0.3) is 0 Å². The first-order valence-electron chi connectivity index (χ1n) is 10.3. The highest BCUT2D eigenvalue weighted by molar-refractivity contribution is 7.89. The molecular formula is C22H24N4O5S. The van der Waals surface area contributed by atoms with Crippen molar-refractivity contribution in [2.24, 2.45) is 0 Å². The number of Topliss-reactive ketones (excluding diaryl/α,β-unsaturated/α-hetero) is 1. The molecule has 0 aliphatic carbocycles. The Morgan fingerprint density at radius 2 is 1.81 bits per heavy atom. The second-order valence-corrected chi connectivity index (χ2v) is 9.24. The molecule has 0 unspecified atom stereocenters. The summed E-state index contributed by atoms with van der Waals surface area (Å²) in [7, 11) is -3.63. The molecule has 0 amide bonds. The van der Waals surface area contributed by atoms with Crippen molar-refractivity contribution in [3.05, 3.63) is 54.2 Å². The van der Waals surface area contributed by atoms with E-state index >= 15 is 0 Å². The van der Waals surface area contributed by atoms with Gasteiger partial charge in [-0.3, -0.25) is 4.79 Å². The molecule has 168 valence electrons. The maximum atomic E-state index is 13.2. The third-order valence-corrected chi connectivity index (χ3v) is 7.24. The number of sulfonamides is 1. The number of fused-ring (bicyclic) bond motifs is 1. The molecule has 0 spiro atoms. The van der Waals surface area contributed by atoms with Gasteiger partial charge in [0.2, 0.25) is 21.9 Å². The summed E-state index contributed by atoms with van der Waals surface area (Å²) in [5.41, 5.74) is 0.121. The molecular weight excluding hydrogens is 432 g/mol. The van der Waals surface area contributed by atoms with Gasteiger partial charge in [-0.05, 0) is 29.8 Å². The smallest absolute Gasteiger partial charge is 0.243 e. The number of carbonyl (C=O) groups is 1. The van der Waals surface area contributed by atoms with Gasteiger partial charge in [0.1, 0.15) is 12.2 Å². The zero-order valence-electron chi connectivity index (χ0n) is 17.6. The quantitative estimate of drug-likeness (QED) is 0.535. The minimum absolute atomic E-state index is 0.114. The molecule has 1 fully saturated rings. The SMILES string of the molecule is CCOc1nc(N2CCN(S(=O)(=O)c3ccc4ccccc4c3)CC2)ncc1C(=O)CO. The van der Waals surface area contributed by atoms with Gasteiger partial charge < -0.3 is 14.7 Å². The first-order valence-corrected chi connectivity index (χ1v) is 11.8. The maximum absolute atomic E-state index is 13.2. The van der Waals surface area contributed by atoms with E-state index in [2.05, 4.69) is 9.97 Å². The number of rotatable bonds is 7. The van der Waals surface area contributed by atoms with Crippen LogP contribution in [0.15, 0.2) is 53.6 Å². The van der Waals surface area contributed by atoms with Gasteiger partial charge in [-0.1, -0.05) is 30.3 Å². The minimum atomic E-state index is -3.63. The van der Waals surface area contributed by atoms with Crippen LogP contribution in [0, 0.1) is 0 Å². The molecule has 2 aromatic carbocycles. The van der Waals surface area contributed by atoms with Gasteiger partial charge in [-0.2, -0.15) is 9.29 Å². The van der Waals surface area contributed by atoms with Crippen molar-refractivity contribution >= 4 is 32.5 Å². The van der Waals surface area contributed by atoms with E-state index in [0.717, 1.165) is 10.8 Å². The minimum Gasteiger partial charge on any atom is -0.477 e. The van der Waals surface area contributed by atoms with E-state index in [4.69, 9.17) is 9.84 Å². The van der Waals surface area contributed by atoms with Gasteiger partial charge in [0, 0.05) is 32.4 Å². The highest BCUT2D eigenvalue weighted by Gasteiger charge is 2.30. The third kappa shape index (κ3) is 4.29. The Morgan fingerprint density at radius 3 is 2.50 bits per heavy atom. The van der Waals surface area contributed by atoms with Crippen LogP contribution in [0.5, 0.6) is 5.88 Å². The van der Waals surface area contributed by atoms with Crippen LogP contribution in [0.1, 0.15) is 17.3 Å². The van der Waals surface area contributed by atoms with Crippen molar-refractivity contribution in [1.29, 1.82) is 0 Å². The number of aliphatic hydroxyl groups is 1. The molecule has 0 atom stereocenters. The van der Waals surface area contributed by atoms with Gasteiger partial charge in [0.05, 0.1) is 11.5 Å². The standard InChI is InChI=1S/C22H24N4O5S/c1-2-31-21-19(20(28)15-27)14-23-22(24-21)25-9-11-26(12-10-25)32(29,30)18-8-7-16-5-3-4-6-17(16)13-18/h3-8,13-14,27H,2,9-12,15H2,1H3. The summed E-state index contributed by atoms with van der Waals surface area (Å²) >= 11 is 0. The number of ketones is 1. The second-order valence-electron chi connectivity index (χ2n) is 7.30. The number of benzene rings is 2. The summed E-state index contributed by atoms with van der Waals surface area (Å²) < 4.78 is 33.2. The molecule has 4 rings (SSSR count). The van der Waals surface area contributed by atoms with Crippen molar-refractivity contribution in [3.63, 3.8) is 0 Å². The van der Waals surface area contributed by atoms with Gasteiger partial charge >= 0.3 is 0 Å².